The van der Waals surface area contributed by atoms with Crippen LogP contribution in [0.4, 0.5) is 0 Å². The maximum atomic E-state index is 12.6. The van der Waals surface area contributed by atoms with Gasteiger partial charge in [-0.05, 0) is 38.2 Å². The number of hydrogen-bond donors (Lipinski definition) is 1. The summed E-state index contributed by atoms with van der Waals surface area (Å²) in [6.07, 6.45) is 8.63. The normalized spacial score (nSPS) is 14.4. The van der Waals surface area contributed by atoms with Crippen LogP contribution >= 0.6 is 0 Å². The number of rotatable bonds is 9. The molecule has 1 aromatic heterocycles. The Kier molecular flexibility index (Phi) is 6.52. The molecule has 6 heteroatoms. The first-order chi connectivity index (χ1) is 13.1. The monoisotopic (exact) mass is 366 g/mol. The SMILES string of the molecule is CC(CCc1ccccc1)NC(=O)CCN(C(=O)c1cnccn1)C1CC1. The van der Waals surface area contributed by atoms with Gasteiger partial charge in [0.05, 0.1) is 6.20 Å². The molecule has 0 spiro atoms. The minimum atomic E-state index is -0.143. The summed E-state index contributed by atoms with van der Waals surface area (Å²) in [5, 5.41) is 3.04. The van der Waals surface area contributed by atoms with Crippen LogP contribution < -0.4 is 5.32 Å². The van der Waals surface area contributed by atoms with Crippen LogP contribution in [0.1, 0.15) is 48.7 Å². The fourth-order valence-electron chi connectivity index (χ4n) is 3.06. The number of carbonyl (C=O) groups is 2. The quantitative estimate of drug-likeness (QED) is 0.740. The number of benzene rings is 1. The lowest BCUT2D eigenvalue weighted by atomic mass is 10.1. The molecule has 142 valence electrons. The lowest BCUT2D eigenvalue weighted by Gasteiger charge is -2.22. The van der Waals surface area contributed by atoms with Crippen LogP contribution in [0.2, 0.25) is 0 Å². The highest BCUT2D eigenvalue weighted by molar-refractivity contribution is 5.92. The van der Waals surface area contributed by atoms with Gasteiger partial charge in [-0.1, -0.05) is 30.3 Å². The maximum absolute atomic E-state index is 12.6. The third kappa shape index (κ3) is 5.88. The number of hydrogen-bond acceptors (Lipinski definition) is 4. The van der Waals surface area contributed by atoms with Crippen LogP contribution in [0.25, 0.3) is 0 Å². The molecule has 1 saturated carbocycles. The first-order valence-corrected chi connectivity index (χ1v) is 9.54. The van der Waals surface area contributed by atoms with Crippen molar-refractivity contribution in [3.8, 4) is 0 Å². The molecule has 1 aliphatic rings. The Bertz CT molecular complexity index is 747. The molecule has 1 aromatic carbocycles. The van der Waals surface area contributed by atoms with Gasteiger partial charge in [-0.25, -0.2) is 4.98 Å². The zero-order valence-electron chi connectivity index (χ0n) is 15.7. The molecule has 6 nitrogen and oxygen atoms in total. The zero-order valence-corrected chi connectivity index (χ0v) is 15.7. The molecule has 2 aromatic rings. The number of amides is 2. The Morgan fingerprint density at radius 3 is 2.67 bits per heavy atom. The number of aryl methyl sites for hydroxylation is 1. The fourth-order valence-corrected chi connectivity index (χ4v) is 3.06. The summed E-state index contributed by atoms with van der Waals surface area (Å²) in [5.74, 6) is -0.163. The molecule has 27 heavy (non-hydrogen) atoms. The van der Waals surface area contributed by atoms with E-state index in [2.05, 4.69) is 27.4 Å². The summed E-state index contributed by atoms with van der Waals surface area (Å²) >= 11 is 0. The Morgan fingerprint density at radius 1 is 1.22 bits per heavy atom. The van der Waals surface area contributed by atoms with Gasteiger partial charge in [-0.15, -0.1) is 0 Å². The van der Waals surface area contributed by atoms with Crippen molar-refractivity contribution in [3.05, 3.63) is 60.2 Å². The number of nitrogens with one attached hydrogen (secondary N) is 1. The second kappa shape index (κ2) is 9.26. The van der Waals surface area contributed by atoms with Crippen molar-refractivity contribution >= 4 is 11.8 Å². The maximum Gasteiger partial charge on any atom is 0.274 e. The van der Waals surface area contributed by atoms with Gasteiger partial charge in [0.15, 0.2) is 0 Å². The predicted molar refractivity (Wildman–Crippen MR) is 103 cm³/mol. The molecule has 1 fully saturated rings. The Hall–Kier alpha value is -2.76. The Balaban J connectivity index is 1.44. The van der Waals surface area contributed by atoms with Crippen molar-refractivity contribution in [2.75, 3.05) is 6.54 Å². The molecular formula is C21H26N4O2. The van der Waals surface area contributed by atoms with Gasteiger partial charge in [0.2, 0.25) is 5.91 Å². The molecule has 3 rings (SSSR count). The molecule has 0 saturated heterocycles. The van der Waals surface area contributed by atoms with Crippen LogP contribution in [0.3, 0.4) is 0 Å². The highest BCUT2D eigenvalue weighted by atomic mass is 16.2. The van der Waals surface area contributed by atoms with E-state index in [9.17, 15) is 9.59 Å². The summed E-state index contributed by atoms with van der Waals surface area (Å²) in [4.78, 5) is 34.7. The van der Waals surface area contributed by atoms with Crippen molar-refractivity contribution in [2.24, 2.45) is 0 Å². The lowest BCUT2D eigenvalue weighted by Crippen LogP contribution is -2.39. The predicted octanol–water partition coefficient (Wildman–Crippen LogP) is 2.61. The molecule has 1 N–H and O–H groups in total. The van der Waals surface area contributed by atoms with E-state index in [1.807, 2.05) is 25.1 Å². The smallest absolute Gasteiger partial charge is 0.274 e. The van der Waals surface area contributed by atoms with Crippen LogP contribution in [-0.4, -0.2) is 45.3 Å². The molecule has 1 heterocycles. The van der Waals surface area contributed by atoms with Crippen LogP contribution in [0.15, 0.2) is 48.9 Å². The van der Waals surface area contributed by atoms with Crippen molar-refractivity contribution in [1.82, 2.24) is 20.2 Å². The average Bonchev–Trinajstić information content (AvgIpc) is 3.53. The molecule has 0 aliphatic heterocycles. The highest BCUT2D eigenvalue weighted by Crippen LogP contribution is 2.28. The summed E-state index contributed by atoms with van der Waals surface area (Å²) in [6.45, 7) is 2.43. The van der Waals surface area contributed by atoms with Crippen LogP contribution in [0, 0.1) is 0 Å². The van der Waals surface area contributed by atoms with E-state index >= 15 is 0 Å². The highest BCUT2D eigenvalue weighted by Gasteiger charge is 2.33. The molecule has 1 unspecified atom stereocenters. The fraction of sp³-hybridized carbons (Fsp3) is 0.429. The van der Waals surface area contributed by atoms with E-state index < -0.39 is 0 Å². The van der Waals surface area contributed by atoms with Gasteiger partial charge in [-0.2, -0.15) is 0 Å². The second-order valence-corrected chi connectivity index (χ2v) is 7.06. The lowest BCUT2D eigenvalue weighted by molar-refractivity contribution is -0.121. The van der Waals surface area contributed by atoms with Crippen molar-refractivity contribution in [1.29, 1.82) is 0 Å². The molecule has 2 amide bonds. The standard InChI is InChI=1S/C21H26N4O2/c1-16(7-8-17-5-3-2-4-6-17)24-20(26)11-14-25(18-9-10-18)21(27)19-15-22-12-13-23-19/h2-6,12-13,15-16,18H,7-11,14H2,1H3,(H,24,26). The van der Waals surface area contributed by atoms with Crippen molar-refractivity contribution in [3.63, 3.8) is 0 Å². The number of carbonyl (C=O) groups excluding carboxylic acids is 2. The molecule has 1 atom stereocenters. The third-order valence-electron chi connectivity index (χ3n) is 4.73. The Labute approximate surface area is 160 Å². The number of aromatic nitrogens is 2. The van der Waals surface area contributed by atoms with E-state index in [0.717, 1.165) is 25.7 Å². The summed E-state index contributed by atoms with van der Waals surface area (Å²) in [6, 6.07) is 10.6. The first kappa shape index (κ1) is 19.0. The van der Waals surface area contributed by atoms with Crippen molar-refractivity contribution < 1.29 is 9.59 Å². The van der Waals surface area contributed by atoms with E-state index in [0.29, 0.717) is 18.7 Å². The van der Waals surface area contributed by atoms with E-state index in [4.69, 9.17) is 0 Å². The Morgan fingerprint density at radius 2 is 2.00 bits per heavy atom. The van der Waals surface area contributed by atoms with Crippen molar-refractivity contribution in [2.45, 2.75) is 51.1 Å². The number of nitrogens with zero attached hydrogens (tertiary/aromatic N) is 3. The van der Waals surface area contributed by atoms with Gasteiger partial charge in [-0.3, -0.25) is 14.6 Å². The molecule has 0 bridgehead atoms. The van der Waals surface area contributed by atoms with Gasteiger partial charge in [0.25, 0.3) is 5.91 Å². The average molecular weight is 366 g/mol. The minimum absolute atomic E-state index is 0.0202. The molecule has 1 aliphatic carbocycles. The van der Waals surface area contributed by atoms with Gasteiger partial charge < -0.3 is 10.2 Å². The topological polar surface area (TPSA) is 75.2 Å². The zero-order chi connectivity index (χ0) is 19.1. The summed E-state index contributed by atoms with van der Waals surface area (Å²) < 4.78 is 0. The minimum Gasteiger partial charge on any atom is -0.354 e. The van der Waals surface area contributed by atoms with E-state index in [1.165, 1.54) is 18.0 Å². The summed E-state index contributed by atoms with van der Waals surface area (Å²) in [7, 11) is 0. The van der Waals surface area contributed by atoms with Gasteiger partial charge in [0.1, 0.15) is 5.69 Å². The van der Waals surface area contributed by atoms with E-state index in [1.54, 1.807) is 11.1 Å². The van der Waals surface area contributed by atoms with E-state index in [-0.39, 0.29) is 23.9 Å². The van der Waals surface area contributed by atoms with Gasteiger partial charge in [0, 0.05) is 37.4 Å². The molecular weight excluding hydrogens is 340 g/mol. The third-order valence-corrected chi connectivity index (χ3v) is 4.73. The first-order valence-electron chi connectivity index (χ1n) is 9.54. The van der Waals surface area contributed by atoms with Crippen LogP contribution in [0.5, 0.6) is 0 Å². The second-order valence-electron chi connectivity index (χ2n) is 7.06. The van der Waals surface area contributed by atoms with Gasteiger partial charge >= 0.3 is 0 Å². The molecule has 0 radical (unpaired) electrons. The largest absolute Gasteiger partial charge is 0.354 e. The summed E-state index contributed by atoms with van der Waals surface area (Å²) in [5.41, 5.74) is 1.61. The van der Waals surface area contributed by atoms with Crippen LogP contribution in [-0.2, 0) is 11.2 Å².